The predicted octanol–water partition coefficient (Wildman–Crippen LogP) is 7.98. The van der Waals surface area contributed by atoms with Crippen molar-refractivity contribution in [3.05, 3.63) is 66.1 Å². The van der Waals surface area contributed by atoms with Crippen molar-refractivity contribution in [2.75, 3.05) is 6.54 Å². The monoisotopic (exact) mass is 1040 g/mol. The van der Waals surface area contributed by atoms with E-state index >= 15 is 0 Å². The van der Waals surface area contributed by atoms with Crippen LogP contribution in [0, 0.1) is 5.92 Å². The lowest BCUT2D eigenvalue weighted by atomic mass is 10.0. The third kappa shape index (κ3) is 10.4. The Bertz CT molecular complexity index is 2550. The van der Waals surface area contributed by atoms with Gasteiger partial charge in [0.15, 0.2) is 0 Å². The number of thiazole rings is 1. The first-order chi connectivity index (χ1) is 31.1. The number of aromatic nitrogens is 3. The molecule has 8 rings (SSSR count). The van der Waals surface area contributed by atoms with E-state index in [1.165, 1.54) is 4.90 Å². The maximum atomic E-state index is 14.4. The van der Waals surface area contributed by atoms with Gasteiger partial charge in [0.1, 0.15) is 38.2 Å². The van der Waals surface area contributed by atoms with Crippen molar-refractivity contribution in [1.29, 1.82) is 0 Å². The zero-order chi connectivity index (χ0) is 46.1. The van der Waals surface area contributed by atoms with E-state index in [4.69, 9.17) is 25.2 Å². The molecule has 1 aliphatic heterocycles. The molecule has 2 aromatic carbocycles. The number of sulfonamides is 1. The van der Waals surface area contributed by atoms with Crippen molar-refractivity contribution in [3.63, 3.8) is 0 Å². The van der Waals surface area contributed by atoms with Crippen LogP contribution in [0.2, 0.25) is 0 Å². The molecule has 348 valence electrons. The number of fused-ring (bicyclic) bond motifs is 1. The fourth-order valence-electron chi connectivity index (χ4n) is 8.89. The first-order valence-electron chi connectivity index (χ1n) is 22.7. The van der Waals surface area contributed by atoms with Crippen LogP contribution in [0.25, 0.3) is 32.9 Å². The molecule has 4 aromatic rings. The normalized spacial score (nSPS) is 23.2. The van der Waals surface area contributed by atoms with Crippen LogP contribution in [0.5, 0.6) is 6.01 Å². The van der Waals surface area contributed by atoms with Gasteiger partial charge in [0.05, 0.1) is 22.5 Å². The number of allylic oxidation sites excluding steroid dienone is 2. The van der Waals surface area contributed by atoms with Crippen molar-refractivity contribution in [2.24, 2.45) is 11.7 Å². The maximum Gasteiger partial charge on any atom is 0.408 e. The molecule has 2 aromatic heterocycles. The van der Waals surface area contributed by atoms with Crippen LogP contribution in [-0.4, -0.2) is 90.7 Å². The van der Waals surface area contributed by atoms with E-state index < -0.39 is 60.2 Å². The largest absolute Gasteiger partial charge is 0.459 e. The number of alkyl carbamates (subject to hydrolysis) is 1. The third-order valence-corrected chi connectivity index (χ3v) is 18.0. The van der Waals surface area contributed by atoms with Crippen molar-refractivity contribution < 1.29 is 37.1 Å². The van der Waals surface area contributed by atoms with Gasteiger partial charge in [-0.2, -0.15) is 4.98 Å². The molecule has 4 amide bonds. The second-order valence-corrected chi connectivity index (χ2v) is 23.4. The molecule has 3 saturated carbocycles. The smallest absolute Gasteiger partial charge is 0.408 e. The van der Waals surface area contributed by atoms with Gasteiger partial charge in [-0.15, -0.1) is 11.3 Å². The van der Waals surface area contributed by atoms with E-state index in [1.54, 1.807) is 18.3 Å². The van der Waals surface area contributed by atoms with E-state index in [9.17, 15) is 27.6 Å². The van der Waals surface area contributed by atoms with E-state index in [2.05, 4.69) is 32.6 Å². The van der Waals surface area contributed by atoms with E-state index in [0.717, 1.165) is 77.8 Å². The fourth-order valence-corrected chi connectivity index (χ4v) is 12.1. The Morgan fingerprint density at radius 1 is 1.02 bits per heavy atom. The van der Waals surface area contributed by atoms with Crippen LogP contribution >= 0.6 is 33.9 Å². The number of unbranched alkanes of at least 4 members (excludes halogenated alkanes) is 3. The Balaban J connectivity index is 0.913. The lowest BCUT2D eigenvalue weighted by Gasteiger charge is -2.28. The second kappa shape index (κ2) is 19.3. The molecule has 0 spiro atoms. The summed E-state index contributed by atoms with van der Waals surface area (Å²) in [6.45, 7) is 5.81. The number of rotatable bonds is 19. The Hall–Kier alpha value is -4.56. The van der Waals surface area contributed by atoms with Crippen molar-refractivity contribution >= 4 is 78.8 Å². The lowest BCUT2D eigenvalue weighted by Crippen LogP contribution is -2.53. The number of ether oxygens (including phenoxy) is 2. The highest BCUT2D eigenvalue weighted by atomic mass is 127. The molecule has 4 aliphatic rings. The molecule has 0 radical (unpaired) electrons. The number of hydrogen-bond donors (Lipinski definition) is 3. The van der Waals surface area contributed by atoms with Gasteiger partial charge in [0, 0.05) is 34.9 Å². The zero-order valence-electron chi connectivity index (χ0n) is 37.0. The average Bonchev–Trinajstić information content (AvgIpc) is 3.73. The number of carbonyl (C=O) groups is 4. The summed E-state index contributed by atoms with van der Waals surface area (Å²) in [6, 6.07) is 14.4. The van der Waals surface area contributed by atoms with E-state index in [-0.39, 0.29) is 31.0 Å². The highest BCUT2D eigenvalue weighted by Gasteiger charge is 2.59. The third-order valence-electron chi connectivity index (χ3n) is 13.2. The minimum absolute atomic E-state index is 0.0379. The molecule has 1 saturated heterocycles. The Morgan fingerprint density at radius 2 is 1.77 bits per heavy atom. The summed E-state index contributed by atoms with van der Waals surface area (Å²) in [4.78, 5) is 64.9. The van der Waals surface area contributed by atoms with Gasteiger partial charge in [0.25, 0.3) is 6.01 Å². The summed E-state index contributed by atoms with van der Waals surface area (Å²) >= 11 is 3.61. The van der Waals surface area contributed by atoms with Gasteiger partial charge in [-0.1, -0.05) is 84.0 Å². The number of benzene rings is 2. The number of primary amides is 1. The standard InChI is InChI=1S/C47H58IN7O8S2/c1-29(2)55-37-22-14-20-34(41-50-36(28-64-41)30-15-8-7-9-16-30)39(37)52-44(55)62-33-25-38(40(49)56)54(27-33)42(57)35(51-45(59)63-32-18-12-13-19-32)21-11-6-4-5-10-17-31-26-47(31,48)43(58)53-65(60,61)46(3)23-24-46/h7-10,14-17,20,22,28-29,31-33,35,38H,4-6,11-13,18-19,21,23-27H2,1-3H3,(H2,49,56)(H,51,59)(H,53,58)/b17-10-/t31-,33-,35+,38+,47-/m1/s1. The Labute approximate surface area is 397 Å². The molecule has 4 fully saturated rings. The SMILES string of the molecule is CC(C)n1c(O[C@@H]2C[C@@H](C(N)=O)N(C(=O)[C@H](CCCCC/C=C\[C@@H]3C[C@]3(I)C(=O)NS(=O)(=O)C3(C)CC3)NC(=O)OC3CCCC3)C2)nc2c(-c3nc(-c4ccccc4)cs3)cccc21. The van der Waals surface area contributed by atoms with E-state index in [1.807, 2.05) is 84.5 Å². The first kappa shape index (κ1) is 47.0. The number of likely N-dealkylation sites (tertiary alicyclic amines) is 1. The Morgan fingerprint density at radius 3 is 2.48 bits per heavy atom. The molecule has 3 heterocycles. The number of para-hydroxylation sites is 1. The topological polar surface area (TPSA) is 205 Å². The van der Waals surface area contributed by atoms with Crippen LogP contribution in [0.1, 0.15) is 110 Å². The quantitative estimate of drug-likeness (QED) is 0.0358. The van der Waals surface area contributed by atoms with Gasteiger partial charge in [0.2, 0.25) is 27.7 Å². The summed E-state index contributed by atoms with van der Waals surface area (Å²) < 4.78 is 40.2. The predicted molar refractivity (Wildman–Crippen MR) is 258 cm³/mol. The molecular weight excluding hydrogens is 982 g/mol. The number of nitrogens with one attached hydrogen (secondary N) is 2. The number of alkyl halides is 1. The summed E-state index contributed by atoms with van der Waals surface area (Å²) in [5.74, 6) is -1.60. The summed E-state index contributed by atoms with van der Waals surface area (Å²) in [6.07, 6.45) is 11.1. The van der Waals surface area contributed by atoms with Crippen molar-refractivity contribution in [1.82, 2.24) is 29.5 Å². The van der Waals surface area contributed by atoms with E-state index in [0.29, 0.717) is 38.1 Å². The number of carbonyl (C=O) groups excluding carboxylic acids is 4. The number of hydrogen-bond acceptors (Lipinski definition) is 11. The van der Waals surface area contributed by atoms with Crippen molar-refractivity contribution in [2.45, 2.75) is 143 Å². The number of halogens is 1. The minimum atomic E-state index is -3.69. The van der Waals surface area contributed by atoms with Gasteiger partial charge >= 0.3 is 6.09 Å². The Kier molecular flexibility index (Phi) is 14.0. The average molecular weight is 1040 g/mol. The molecule has 0 unspecified atom stereocenters. The lowest BCUT2D eigenvalue weighted by molar-refractivity contribution is -0.139. The van der Waals surface area contributed by atoms with Crippen LogP contribution in [0.15, 0.2) is 66.1 Å². The number of nitrogens with two attached hydrogens (primary N) is 1. The molecule has 4 N–H and O–H groups in total. The number of nitrogens with zero attached hydrogens (tertiary/aromatic N) is 4. The van der Waals surface area contributed by atoms with Crippen LogP contribution in [-0.2, 0) is 29.1 Å². The zero-order valence-corrected chi connectivity index (χ0v) is 40.8. The molecule has 18 heteroatoms. The minimum Gasteiger partial charge on any atom is -0.459 e. The van der Waals surface area contributed by atoms with Crippen molar-refractivity contribution in [3.8, 4) is 27.8 Å². The highest BCUT2D eigenvalue weighted by molar-refractivity contribution is 14.1. The van der Waals surface area contributed by atoms with Gasteiger partial charge in [-0.25, -0.2) is 18.2 Å². The van der Waals surface area contributed by atoms with Gasteiger partial charge in [-0.3, -0.25) is 23.7 Å². The molecule has 15 nitrogen and oxygen atoms in total. The number of imidazole rings is 1. The molecule has 0 bridgehead atoms. The van der Waals surface area contributed by atoms with Crippen LogP contribution in [0.3, 0.4) is 0 Å². The van der Waals surface area contributed by atoms with Crippen LogP contribution < -0.4 is 20.5 Å². The highest BCUT2D eigenvalue weighted by Crippen LogP contribution is 2.53. The summed E-state index contributed by atoms with van der Waals surface area (Å²) in [5, 5.41) is 5.69. The summed E-state index contributed by atoms with van der Waals surface area (Å²) in [7, 11) is -3.69. The first-order valence-corrected chi connectivity index (χ1v) is 26.2. The van der Waals surface area contributed by atoms with Gasteiger partial charge in [-0.05, 0) is 97.1 Å². The van der Waals surface area contributed by atoms with Gasteiger partial charge < -0.3 is 25.4 Å². The summed E-state index contributed by atoms with van der Waals surface area (Å²) in [5.41, 5.74) is 10.3. The molecule has 5 atom stereocenters. The maximum absolute atomic E-state index is 14.4. The van der Waals surface area contributed by atoms with Crippen LogP contribution in [0.4, 0.5) is 4.79 Å². The number of amides is 4. The molecular formula is C47H58IN7O8S2. The molecule has 65 heavy (non-hydrogen) atoms. The fraction of sp³-hybridized carbons (Fsp3) is 0.532. The molecule has 3 aliphatic carbocycles. The second-order valence-electron chi connectivity index (χ2n) is 18.5.